The monoisotopic (exact) mass is 517 g/mol. The smallest absolute Gasteiger partial charge is 0.244 e. The number of rotatable bonds is 11. The molecule has 36 heavy (non-hydrogen) atoms. The number of hydrogen-bond donors (Lipinski definition) is 1. The second kappa shape index (κ2) is 11.6. The van der Waals surface area contributed by atoms with Crippen molar-refractivity contribution in [3.05, 3.63) is 53.6 Å². The van der Waals surface area contributed by atoms with E-state index in [4.69, 9.17) is 9.47 Å². The molecule has 2 aromatic rings. The van der Waals surface area contributed by atoms with E-state index in [9.17, 15) is 18.0 Å². The molecule has 0 saturated carbocycles. The fraction of sp³-hybridized carbons (Fsp3) is 0.462. The number of hydrogen-bond acceptors (Lipinski definition) is 6. The molecule has 1 N–H and O–H groups in total. The van der Waals surface area contributed by atoms with E-state index in [0.29, 0.717) is 17.9 Å². The van der Waals surface area contributed by atoms with E-state index in [2.05, 4.69) is 5.32 Å². The van der Waals surface area contributed by atoms with Crippen LogP contribution in [0.4, 0.5) is 5.69 Å². The molecule has 0 bridgehead atoms. The van der Waals surface area contributed by atoms with E-state index >= 15 is 0 Å². The summed E-state index contributed by atoms with van der Waals surface area (Å²) in [6, 6.07) is 11.6. The fourth-order valence-electron chi connectivity index (χ4n) is 4.02. The first-order valence-electron chi connectivity index (χ1n) is 12.1. The normalized spacial score (nSPS) is 14.1. The zero-order valence-electron chi connectivity index (χ0n) is 21.5. The Morgan fingerprint density at radius 2 is 1.78 bits per heavy atom. The zero-order valence-corrected chi connectivity index (χ0v) is 22.3. The van der Waals surface area contributed by atoms with Crippen molar-refractivity contribution in [3.63, 3.8) is 0 Å². The predicted molar refractivity (Wildman–Crippen MR) is 138 cm³/mol. The molecule has 2 atom stereocenters. The van der Waals surface area contributed by atoms with E-state index in [1.807, 2.05) is 52.0 Å². The number of anilines is 1. The SMILES string of the molecule is CC[C@H](C)NC(=O)[C@H](CC)N(Cc1cccc(C)c1)C(=O)CN(c1ccc2c(c1)OCO2)S(C)(=O)=O. The Balaban J connectivity index is 1.95. The molecule has 1 aliphatic heterocycles. The first-order chi connectivity index (χ1) is 17.0. The summed E-state index contributed by atoms with van der Waals surface area (Å²) in [5.41, 5.74) is 2.16. The van der Waals surface area contributed by atoms with Crippen molar-refractivity contribution in [2.24, 2.45) is 0 Å². The molecule has 9 nitrogen and oxygen atoms in total. The lowest BCUT2D eigenvalue weighted by Crippen LogP contribution is -2.53. The van der Waals surface area contributed by atoms with Crippen LogP contribution in [-0.2, 0) is 26.2 Å². The standard InChI is InChI=1S/C26H35N3O6S/c1-6-19(4)27-26(31)22(7-2)28(15-20-10-8-9-18(3)13-20)25(30)16-29(36(5,32)33)21-11-12-23-24(14-21)35-17-34-23/h8-14,19,22H,6-7,15-17H2,1-5H3,(H,27,31)/t19-,22-/m0/s1. The summed E-state index contributed by atoms with van der Waals surface area (Å²) >= 11 is 0. The van der Waals surface area contributed by atoms with Gasteiger partial charge in [0, 0.05) is 18.7 Å². The van der Waals surface area contributed by atoms with Gasteiger partial charge in [-0.2, -0.15) is 0 Å². The minimum atomic E-state index is -3.83. The largest absolute Gasteiger partial charge is 0.454 e. The molecular weight excluding hydrogens is 482 g/mol. The van der Waals surface area contributed by atoms with Crippen molar-refractivity contribution in [2.45, 2.75) is 59.2 Å². The Kier molecular flexibility index (Phi) is 8.84. The molecule has 1 heterocycles. The van der Waals surface area contributed by atoms with Gasteiger partial charge in [0.05, 0.1) is 11.9 Å². The Labute approximate surface area is 213 Å². The maximum atomic E-state index is 13.7. The second-order valence-electron chi connectivity index (χ2n) is 9.06. The average Bonchev–Trinajstić information content (AvgIpc) is 3.29. The quantitative estimate of drug-likeness (QED) is 0.491. The summed E-state index contributed by atoms with van der Waals surface area (Å²) in [6.07, 6.45) is 2.17. The molecule has 0 aliphatic carbocycles. The third-order valence-corrected chi connectivity index (χ3v) is 7.29. The van der Waals surface area contributed by atoms with Gasteiger partial charge in [-0.3, -0.25) is 13.9 Å². The van der Waals surface area contributed by atoms with E-state index in [0.717, 1.165) is 28.1 Å². The van der Waals surface area contributed by atoms with Crippen molar-refractivity contribution >= 4 is 27.5 Å². The Morgan fingerprint density at radius 1 is 1.06 bits per heavy atom. The average molecular weight is 518 g/mol. The number of sulfonamides is 1. The lowest BCUT2D eigenvalue weighted by atomic mass is 10.1. The lowest BCUT2D eigenvalue weighted by molar-refractivity contribution is -0.140. The molecule has 0 unspecified atom stereocenters. The van der Waals surface area contributed by atoms with Crippen LogP contribution in [-0.4, -0.2) is 56.8 Å². The van der Waals surface area contributed by atoms with Crippen LogP contribution in [0.3, 0.4) is 0 Å². The van der Waals surface area contributed by atoms with Crippen molar-refractivity contribution < 1.29 is 27.5 Å². The van der Waals surface area contributed by atoms with Gasteiger partial charge in [0.1, 0.15) is 12.6 Å². The molecular formula is C26H35N3O6S. The van der Waals surface area contributed by atoms with Crippen LogP contribution >= 0.6 is 0 Å². The van der Waals surface area contributed by atoms with E-state index in [1.54, 1.807) is 12.1 Å². The molecule has 0 fully saturated rings. The molecule has 0 radical (unpaired) electrons. The van der Waals surface area contributed by atoms with Crippen molar-refractivity contribution in [1.29, 1.82) is 0 Å². The third-order valence-electron chi connectivity index (χ3n) is 6.15. The van der Waals surface area contributed by atoms with Gasteiger partial charge in [0.25, 0.3) is 0 Å². The topological polar surface area (TPSA) is 105 Å². The molecule has 0 spiro atoms. The molecule has 196 valence electrons. The van der Waals surface area contributed by atoms with Gasteiger partial charge in [-0.05, 0) is 44.4 Å². The van der Waals surface area contributed by atoms with Gasteiger partial charge < -0.3 is 19.7 Å². The highest BCUT2D eigenvalue weighted by molar-refractivity contribution is 7.92. The minimum absolute atomic E-state index is 0.0460. The third kappa shape index (κ3) is 6.69. The molecule has 3 rings (SSSR count). The number of nitrogens with one attached hydrogen (secondary N) is 1. The van der Waals surface area contributed by atoms with E-state index in [-0.39, 0.29) is 31.0 Å². The number of carbonyl (C=O) groups is 2. The number of carbonyl (C=O) groups excluding carboxylic acids is 2. The van der Waals surface area contributed by atoms with Crippen molar-refractivity contribution in [2.75, 3.05) is 23.9 Å². The number of benzene rings is 2. The number of nitrogens with zero attached hydrogens (tertiary/aromatic N) is 2. The summed E-state index contributed by atoms with van der Waals surface area (Å²) in [5.74, 6) is 0.171. The maximum Gasteiger partial charge on any atom is 0.244 e. The highest BCUT2D eigenvalue weighted by Gasteiger charge is 2.32. The fourth-order valence-corrected chi connectivity index (χ4v) is 4.86. The summed E-state index contributed by atoms with van der Waals surface area (Å²) in [7, 11) is -3.83. The molecule has 0 saturated heterocycles. The summed E-state index contributed by atoms with van der Waals surface area (Å²) in [5, 5.41) is 2.96. The first-order valence-corrected chi connectivity index (χ1v) is 13.9. The Bertz CT molecular complexity index is 1200. The number of amides is 2. The van der Waals surface area contributed by atoms with Gasteiger partial charge in [-0.25, -0.2) is 8.42 Å². The molecule has 0 aromatic heterocycles. The molecule has 2 amide bonds. The van der Waals surface area contributed by atoms with Gasteiger partial charge in [0.2, 0.25) is 28.6 Å². The van der Waals surface area contributed by atoms with E-state index in [1.165, 1.54) is 11.0 Å². The van der Waals surface area contributed by atoms with Crippen molar-refractivity contribution in [3.8, 4) is 11.5 Å². The minimum Gasteiger partial charge on any atom is -0.454 e. The number of ether oxygens (including phenoxy) is 2. The van der Waals surface area contributed by atoms with Gasteiger partial charge >= 0.3 is 0 Å². The Morgan fingerprint density at radius 3 is 2.42 bits per heavy atom. The molecule has 10 heteroatoms. The van der Waals surface area contributed by atoms with Crippen LogP contribution < -0.4 is 19.1 Å². The van der Waals surface area contributed by atoms with Gasteiger partial charge in [-0.1, -0.05) is 43.7 Å². The number of aryl methyl sites for hydroxylation is 1. The summed E-state index contributed by atoms with van der Waals surface area (Å²) in [4.78, 5) is 28.4. The maximum absolute atomic E-state index is 13.7. The summed E-state index contributed by atoms with van der Waals surface area (Å²) in [6.45, 7) is 7.42. The van der Waals surface area contributed by atoms with Gasteiger partial charge in [0.15, 0.2) is 11.5 Å². The van der Waals surface area contributed by atoms with Crippen molar-refractivity contribution in [1.82, 2.24) is 10.2 Å². The van der Waals surface area contributed by atoms with Crippen LogP contribution in [0.5, 0.6) is 11.5 Å². The van der Waals surface area contributed by atoms with Crippen LogP contribution in [0.1, 0.15) is 44.7 Å². The highest BCUT2D eigenvalue weighted by Crippen LogP contribution is 2.36. The predicted octanol–water partition coefficient (Wildman–Crippen LogP) is 3.21. The van der Waals surface area contributed by atoms with Crippen LogP contribution in [0.25, 0.3) is 0 Å². The summed E-state index contributed by atoms with van der Waals surface area (Å²) < 4.78 is 37.2. The van der Waals surface area contributed by atoms with Crippen LogP contribution in [0, 0.1) is 6.92 Å². The van der Waals surface area contributed by atoms with Crippen LogP contribution in [0.2, 0.25) is 0 Å². The van der Waals surface area contributed by atoms with Gasteiger partial charge in [-0.15, -0.1) is 0 Å². The zero-order chi connectivity index (χ0) is 26.5. The molecule has 2 aromatic carbocycles. The lowest BCUT2D eigenvalue weighted by Gasteiger charge is -2.33. The van der Waals surface area contributed by atoms with E-state index < -0.39 is 28.5 Å². The highest BCUT2D eigenvalue weighted by atomic mass is 32.2. The van der Waals surface area contributed by atoms with Crippen LogP contribution in [0.15, 0.2) is 42.5 Å². The first kappa shape index (κ1) is 27.3. The second-order valence-corrected chi connectivity index (χ2v) is 11.0. The molecule has 1 aliphatic rings. The number of fused-ring (bicyclic) bond motifs is 1. The Hall–Kier alpha value is -3.27.